The Labute approximate surface area is 130 Å². The SMILES string of the molecule is CNC(C)CC(C)N1CCN(c2cccc(C)c2C)CC1. The van der Waals surface area contributed by atoms with Gasteiger partial charge in [-0.05, 0) is 58.4 Å². The van der Waals surface area contributed by atoms with E-state index in [-0.39, 0.29) is 0 Å². The molecule has 118 valence electrons. The van der Waals surface area contributed by atoms with Gasteiger partial charge < -0.3 is 10.2 Å². The van der Waals surface area contributed by atoms with Gasteiger partial charge in [0.1, 0.15) is 0 Å². The van der Waals surface area contributed by atoms with Crippen molar-refractivity contribution in [3.05, 3.63) is 29.3 Å². The van der Waals surface area contributed by atoms with Crippen molar-refractivity contribution in [2.75, 3.05) is 38.1 Å². The van der Waals surface area contributed by atoms with Crippen molar-refractivity contribution >= 4 is 5.69 Å². The summed E-state index contributed by atoms with van der Waals surface area (Å²) in [7, 11) is 2.05. The molecule has 0 bridgehead atoms. The zero-order valence-electron chi connectivity index (χ0n) is 14.3. The molecule has 0 spiro atoms. The number of hydrogen-bond donors (Lipinski definition) is 1. The second kappa shape index (κ2) is 7.28. The van der Waals surface area contributed by atoms with Gasteiger partial charge in [0.25, 0.3) is 0 Å². The topological polar surface area (TPSA) is 18.5 Å². The molecule has 1 N–H and O–H groups in total. The van der Waals surface area contributed by atoms with Crippen molar-refractivity contribution in [3.8, 4) is 0 Å². The van der Waals surface area contributed by atoms with Crippen LogP contribution in [0.4, 0.5) is 5.69 Å². The molecule has 1 aromatic rings. The molecular formula is C18H31N3. The van der Waals surface area contributed by atoms with E-state index in [1.54, 1.807) is 0 Å². The first-order chi connectivity index (χ1) is 10.0. The standard InChI is InChI=1S/C18H31N3/c1-14-7-6-8-18(17(14)4)21-11-9-20(10-12-21)16(3)13-15(2)19-5/h6-8,15-16,19H,9-13H2,1-5H3. The van der Waals surface area contributed by atoms with Crippen molar-refractivity contribution in [1.82, 2.24) is 10.2 Å². The molecule has 1 aromatic carbocycles. The highest BCUT2D eigenvalue weighted by Crippen LogP contribution is 2.24. The minimum Gasteiger partial charge on any atom is -0.369 e. The van der Waals surface area contributed by atoms with Crippen LogP contribution in [0.15, 0.2) is 18.2 Å². The van der Waals surface area contributed by atoms with Crippen LogP contribution in [0, 0.1) is 13.8 Å². The first-order valence-corrected chi connectivity index (χ1v) is 8.25. The number of hydrogen-bond acceptors (Lipinski definition) is 3. The zero-order valence-corrected chi connectivity index (χ0v) is 14.3. The van der Waals surface area contributed by atoms with E-state index >= 15 is 0 Å². The molecular weight excluding hydrogens is 258 g/mol. The summed E-state index contributed by atoms with van der Waals surface area (Å²) < 4.78 is 0. The van der Waals surface area contributed by atoms with E-state index in [0.717, 1.165) is 13.1 Å². The lowest BCUT2D eigenvalue weighted by atomic mass is 10.1. The molecule has 0 aliphatic carbocycles. The van der Waals surface area contributed by atoms with E-state index in [4.69, 9.17) is 0 Å². The summed E-state index contributed by atoms with van der Waals surface area (Å²) in [5, 5.41) is 3.35. The van der Waals surface area contributed by atoms with Crippen LogP contribution < -0.4 is 10.2 Å². The summed E-state index contributed by atoms with van der Waals surface area (Å²) in [5.74, 6) is 0. The fourth-order valence-electron chi connectivity index (χ4n) is 3.26. The Balaban J connectivity index is 1.92. The molecule has 0 radical (unpaired) electrons. The molecule has 3 nitrogen and oxygen atoms in total. The quantitative estimate of drug-likeness (QED) is 0.899. The van der Waals surface area contributed by atoms with Gasteiger partial charge in [0.15, 0.2) is 0 Å². The van der Waals surface area contributed by atoms with Crippen LogP contribution in [0.2, 0.25) is 0 Å². The number of piperazine rings is 1. The summed E-state index contributed by atoms with van der Waals surface area (Å²) >= 11 is 0. The Kier molecular flexibility index (Phi) is 5.65. The van der Waals surface area contributed by atoms with E-state index in [1.165, 1.54) is 36.3 Å². The van der Waals surface area contributed by atoms with Gasteiger partial charge >= 0.3 is 0 Å². The predicted molar refractivity (Wildman–Crippen MR) is 92.3 cm³/mol. The molecule has 0 saturated carbocycles. The number of benzene rings is 1. The molecule has 2 atom stereocenters. The van der Waals surface area contributed by atoms with E-state index < -0.39 is 0 Å². The van der Waals surface area contributed by atoms with Gasteiger partial charge in [0.05, 0.1) is 0 Å². The molecule has 1 heterocycles. The maximum Gasteiger partial charge on any atom is 0.0399 e. The lowest BCUT2D eigenvalue weighted by Gasteiger charge is -2.40. The van der Waals surface area contributed by atoms with E-state index in [1.807, 2.05) is 0 Å². The lowest BCUT2D eigenvalue weighted by molar-refractivity contribution is 0.179. The Morgan fingerprint density at radius 2 is 1.76 bits per heavy atom. The van der Waals surface area contributed by atoms with Crippen LogP contribution in [0.1, 0.15) is 31.4 Å². The molecule has 1 fully saturated rings. The van der Waals surface area contributed by atoms with Crippen LogP contribution in [-0.4, -0.2) is 50.2 Å². The van der Waals surface area contributed by atoms with E-state index in [0.29, 0.717) is 12.1 Å². The van der Waals surface area contributed by atoms with Gasteiger partial charge in [-0.25, -0.2) is 0 Å². The van der Waals surface area contributed by atoms with Crippen LogP contribution in [0.5, 0.6) is 0 Å². The average molecular weight is 289 g/mol. The first kappa shape index (κ1) is 16.3. The third kappa shape index (κ3) is 3.98. The Morgan fingerprint density at radius 1 is 1.10 bits per heavy atom. The third-order valence-corrected chi connectivity index (χ3v) is 5.04. The molecule has 0 amide bonds. The summed E-state index contributed by atoms with van der Waals surface area (Å²) in [5.41, 5.74) is 4.25. The summed E-state index contributed by atoms with van der Waals surface area (Å²) in [6.07, 6.45) is 1.22. The summed E-state index contributed by atoms with van der Waals surface area (Å²) in [4.78, 5) is 5.18. The van der Waals surface area contributed by atoms with Crippen molar-refractivity contribution in [2.24, 2.45) is 0 Å². The molecule has 1 aliphatic rings. The van der Waals surface area contributed by atoms with Crippen molar-refractivity contribution in [2.45, 2.75) is 46.2 Å². The minimum absolute atomic E-state index is 0.594. The Morgan fingerprint density at radius 3 is 2.38 bits per heavy atom. The van der Waals surface area contributed by atoms with Gasteiger partial charge in [-0.15, -0.1) is 0 Å². The normalized spacial score (nSPS) is 19.6. The van der Waals surface area contributed by atoms with Gasteiger partial charge in [0.2, 0.25) is 0 Å². The van der Waals surface area contributed by atoms with Crippen molar-refractivity contribution in [1.29, 1.82) is 0 Å². The molecule has 2 rings (SSSR count). The molecule has 3 heteroatoms. The number of rotatable bonds is 5. The van der Waals surface area contributed by atoms with E-state index in [9.17, 15) is 0 Å². The second-order valence-electron chi connectivity index (χ2n) is 6.52. The molecule has 21 heavy (non-hydrogen) atoms. The lowest BCUT2D eigenvalue weighted by Crippen LogP contribution is -2.50. The first-order valence-electron chi connectivity index (χ1n) is 8.25. The summed E-state index contributed by atoms with van der Waals surface area (Å²) in [6, 6.07) is 7.91. The third-order valence-electron chi connectivity index (χ3n) is 5.04. The minimum atomic E-state index is 0.594. The largest absolute Gasteiger partial charge is 0.369 e. The number of nitrogens with one attached hydrogen (secondary N) is 1. The van der Waals surface area contributed by atoms with Gasteiger partial charge in [-0.1, -0.05) is 12.1 Å². The highest BCUT2D eigenvalue weighted by Gasteiger charge is 2.22. The van der Waals surface area contributed by atoms with E-state index in [2.05, 4.69) is 68.1 Å². The fourth-order valence-corrected chi connectivity index (χ4v) is 3.26. The molecule has 0 aromatic heterocycles. The highest BCUT2D eigenvalue weighted by molar-refractivity contribution is 5.56. The monoisotopic (exact) mass is 289 g/mol. The smallest absolute Gasteiger partial charge is 0.0399 e. The van der Waals surface area contributed by atoms with Gasteiger partial charge in [-0.2, -0.15) is 0 Å². The fraction of sp³-hybridized carbons (Fsp3) is 0.667. The average Bonchev–Trinajstić information content (AvgIpc) is 2.50. The second-order valence-corrected chi connectivity index (χ2v) is 6.52. The number of aryl methyl sites for hydroxylation is 1. The Hall–Kier alpha value is -1.06. The molecule has 1 saturated heterocycles. The predicted octanol–water partition coefficient (Wildman–Crippen LogP) is 2.81. The van der Waals surface area contributed by atoms with Crippen molar-refractivity contribution in [3.63, 3.8) is 0 Å². The zero-order chi connectivity index (χ0) is 15.4. The Bertz CT molecular complexity index is 450. The number of nitrogens with zero attached hydrogens (tertiary/aromatic N) is 2. The van der Waals surface area contributed by atoms with Crippen LogP contribution >= 0.6 is 0 Å². The number of anilines is 1. The maximum atomic E-state index is 3.35. The van der Waals surface area contributed by atoms with Crippen molar-refractivity contribution < 1.29 is 0 Å². The van der Waals surface area contributed by atoms with Gasteiger partial charge in [0, 0.05) is 44.0 Å². The van der Waals surface area contributed by atoms with Crippen LogP contribution in [0.3, 0.4) is 0 Å². The van der Waals surface area contributed by atoms with Gasteiger partial charge in [-0.3, -0.25) is 4.90 Å². The molecule has 1 aliphatic heterocycles. The van der Waals surface area contributed by atoms with Crippen LogP contribution in [0.25, 0.3) is 0 Å². The van der Waals surface area contributed by atoms with Crippen LogP contribution in [-0.2, 0) is 0 Å². The molecule has 2 unspecified atom stereocenters. The summed E-state index contributed by atoms with van der Waals surface area (Å²) in [6.45, 7) is 13.7. The highest BCUT2D eigenvalue weighted by atomic mass is 15.3. The maximum absolute atomic E-state index is 3.35.